The summed E-state index contributed by atoms with van der Waals surface area (Å²) in [5, 5.41) is 3.18. The summed E-state index contributed by atoms with van der Waals surface area (Å²) in [6, 6.07) is 47.9. The molecular formula is C38H24N4. The minimum absolute atomic E-state index is 0.684. The van der Waals surface area contributed by atoms with E-state index in [1.807, 2.05) is 36.5 Å². The fourth-order valence-electron chi connectivity index (χ4n) is 5.60. The van der Waals surface area contributed by atoms with E-state index in [2.05, 4.69) is 114 Å². The standard InChI is InChI=1S/C38H24N4/c1-2-9-25(10-3-1)28-11-6-13-30(23-28)35-32-16-4-5-17-34(32)41-38(42-35)31-14-7-12-29(24-31)33-21-20-27-19-18-26-15-8-22-39-36(26)37(27)40-33/h1-24H. The second kappa shape index (κ2) is 10.0. The Morgan fingerprint density at radius 3 is 2.00 bits per heavy atom. The van der Waals surface area contributed by atoms with Crippen molar-refractivity contribution in [2.75, 3.05) is 0 Å². The van der Waals surface area contributed by atoms with Crippen LogP contribution in [0.25, 0.3) is 77.7 Å². The molecule has 0 aliphatic carbocycles. The lowest BCUT2D eigenvalue weighted by Gasteiger charge is -2.12. The summed E-state index contributed by atoms with van der Waals surface area (Å²) in [6.07, 6.45) is 1.82. The zero-order valence-corrected chi connectivity index (χ0v) is 22.6. The van der Waals surface area contributed by atoms with Crippen molar-refractivity contribution < 1.29 is 0 Å². The maximum absolute atomic E-state index is 5.16. The highest BCUT2D eigenvalue weighted by molar-refractivity contribution is 6.03. The van der Waals surface area contributed by atoms with Crippen LogP contribution in [0.15, 0.2) is 146 Å². The van der Waals surface area contributed by atoms with Gasteiger partial charge >= 0.3 is 0 Å². The second-order valence-corrected chi connectivity index (χ2v) is 10.3. The van der Waals surface area contributed by atoms with Gasteiger partial charge in [0.1, 0.15) is 0 Å². The first-order chi connectivity index (χ1) is 20.8. The molecule has 3 heterocycles. The third kappa shape index (κ3) is 4.27. The maximum Gasteiger partial charge on any atom is 0.160 e. The van der Waals surface area contributed by atoms with E-state index in [-0.39, 0.29) is 0 Å². The van der Waals surface area contributed by atoms with E-state index in [4.69, 9.17) is 15.0 Å². The largest absolute Gasteiger partial charge is 0.254 e. The molecule has 0 atom stereocenters. The van der Waals surface area contributed by atoms with Crippen molar-refractivity contribution in [1.82, 2.24) is 19.9 Å². The number of benzene rings is 5. The molecule has 0 amide bonds. The number of nitrogens with zero attached hydrogens (tertiary/aromatic N) is 4. The molecule has 0 N–H and O–H groups in total. The van der Waals surface area contributed by atoms with Crippen LogP contribution in [0.5, 0.6) is 0 Å². The van der Waals surface area contributed by atoms with Crippen LogP contribution in [0.4, 0.5) is 0 Å². The number of para-hydroxylation sites is 1. The fraction of sp³-hybridized carbons (Fsp3) is 0. The predicted octanol–water partition coefficient (Wildman–Crippen LogP) is 9.39. The van der Waals surface area contributed by atoms with Gasteiger partial charge < -0.3 is 0 Å². The first-order valence-electron chi connectivity index (χ1n) is 14.0. The van der Waals surface area contributed by atoms with Gasteiger partial charge in [-0.3, -0.25) is 4.98 Å². The second-order valence-electron chi connectivity index (χ2n) is 10.3. The van der Waals surface area contributed by atoms with Crippen LogP contribution in [0.2, 0.25) is 0 Å². The molecule has 0 spiro atoms. The molecule has 0 fully saturated rings. The van der Waals surface area contributed by atoms with Crippen LogP contribution in [0, 0.1) is 0 Å². The average molecular weight is 537 g/mol. The Morgan fingerprint density at radius 2 is 1.10 bits per heavy atom. The lowest BCUT2D eigenvalue weighted by Crippen LogP contribution is -1.96. The Bertz CT molecular complexity index is 2260. The van der Waals surface area contributed by atoms with Gasteiger partial charge in [0.15, 0.2) is 5.82 Å². The van der Waals surface area contributed by atoms with E-state index in [1.165, 1.54) is 5.56 Å². The zero-order valence-electron chi connectivity index (χ0n) is 22.6. The Kier molecular flexibility index (Phi) is 5.75. The third-order valence-electron chi connectivity index (χ3n) is 7.70. The monoisotopic (exact) mass is 536 g/mol. The van der Waals surface area contributed by atoms with Gasteiger partial charge in [-0.15, -0.1) is 0 Å². The predicted molar refractivity (Wildman–Crippen MR) is 172 cm³/mol. The van der Waals surface area contributed by atoms with E-state index in [1.54, 1.807) is 0 Å². The van der Waals surface area contributed by atoms with Gasteiger partial charge in [0.05, 0.1) is 27.9 Å². The summed E-state index contributed by atoms with van der Waals surface area (Å²) in [6.45, 7) is 0. The summed E-state index contributed by atoms with van der Waals surface area (Å²) < 4.78 is 0. The van der Waals surface area contributed by atoms with E-state index >= 15 is 0 Å². The molecule has 42 heavy (non-hydrogen) atoms. The van der Waals surface area contributed by atoms with Crippen molar-refractivity contribution in [2.45, 2.75) is 0 Å². The molecule has 196 valence electrons. The summed E-state index contributed by atoms with van der Waals surface area (Å²) in [4.78, 5) is 19.8. The number of pyridine rings is 2. The van der Waals surface area contributed by atoms with Gasteiger partial charge in [-0.05, 0) is 41.5 Å². The molecule has 0 aliphatic heterocycles. The molecule has 0 radical (unpaired) electrons. The van der Waals surface area contributed by atoms with E-state index < -0.39 is 0 Å². The highest BCUT2D eigenvalue weighted by Gasteiger charge is 2.14. The Hall–Kier alpha value is -5.74. The fourth-order valence-corrected chi connectivity index (χ4v) is 5.60. The minimum Gasteiger partial charge on any atom is -0.254 e. The van der Waals surface area contributed by atoms with Gasteiger partial charge in [-0.1, -0.05) is 109 Å². The van der Waals surface area contributed by atoms with Gasteiger partial charge in [-0.25, -0.2) is 15.0 Å². The van der Waals surface area contributed by atoms with Crippen molar-refractivity contribution in [3.63, 3.8) is 0 Å². The van der Waals surface area contributed by atoms with E-state index in [0.717, 1.165) is 66.4 Å². The van der Waals surface area contributed by atoms with E-state index in [0.29, 0.717) is 5.82 Å². The highest BCUT2D eigenvalue weighted by atomic mass is 14.9. The molecule has 0 bridgehead atoms. The molecule has 0 aliphatic rings. The number of fused-ring (bicyclic) bond motifs is 4. The molecular weight excluding hydrogens is 512 g/mol. The molecule has 8 aromatic rings. The minimum atomic E-state index is 0.684. The number of aromatic nitrogens is 4. The topological polar surface area (TPSA) is 51.6 Å². The van der Waals surface area contributed by atoms with Gasteiger partial charge in [0, 0.05) is 39.0 Å². The van der Waals surface area contributed by atoms with E-state index in [9.17, 15) is 0 Å². The molecule has 0 saturated heterocycles. The van der Waals surface area contributed by atoms with Crippen LogP contribution in [0.1, 0.15) is 0 Å². The molecule has 4 heteroatoms. The Labute approximate surface area is 243 Å². The van der Waals surface area contributed by atoms with Crippen molar-refractivity contribution in [3.05, 3.63) is 146 Å². The third-order valence-corrected chi connectivity index (χ3v) is 7.70. The lowest BCUT2D eigenvalue weighted by atomic mass is 9.99. The van der Waals surface area contributed by atoms with Crippen LogP contribution < -0.4 is 0 Å². The highest BCUT2D eigenvalue weighted by Crippen LogP contribution is 2.33. The average Bonchev–Trinajstić information content (AvgIpc) is 3.08. The van der Waals surface area contributed by atoms with Crippen LogP contribution in [-0.4, -0.2) is 19.9 Å². The maximum atomic E-state index is 5.16. The van der Waals surface area contributed by atoms with Gasteiger partial charge in [-0.2, -0.15) is 0 Å². The SMILES string of the molecule is c1ccc(-c2cccc(-c3nc(-c4cccc(-c5ccc6ccc7cccnc7c6n5)c4)nc4ccccc34)c2)cc1. The smallest absolute Gasteiger partial charge is 0.160 e. The Balaban J connectivity index is 1.26. The zero-order chi connectivity index (χ0) is 27.9. The molecule has 0 saturated carbocycles. The van der Waals surface area contributed by atoms with Crippen molar-refractivity contribution in [3.8, 4) is 45.0 Å². The molecule has 3 aromatic heterocycles. The summed E-state index contributed by atoms with van der Waals surface area (Å²) in [7, 11) is 0. The normalized spacial score (nSPS) is 11.3. The first kappa shape index (κ1) is 24.1. The quantitative estimate of drug-likeness (QED) is 0.210. The van der Waals surface area contributed by atoms with Crippen molar-refractivity contribution in [2.24, 2.45) is 0 Å². The summed E-state index contributed by atoms with van der Waals surface area (Å²) >= 11 is 0. The Morgan fingerprint density at radius 1 is 0.405 bits per heavy atom. The van der Waals surface area contributed by atoms with Gasteiger partial charge in [0.2, 0.25) is 0 Å². The number of hydrogen-bond acceptors (Lipinski definition) is 4. The molecule has 8 rings (SSSR count). The van der Waals surface area contributed by atoms with Gasteiger partial charge in [0.25, 0.3) is 0 Å². The van der Waals surface area contributed by atoms with Crippen molar-refractivity contribution in [1.29, 1.82) is 0 Å². The van der Waals surface area contributed by atoms with Crippen LogP contribution in [0.3, 0.4) is 0 Å². The first-order valence-corrected chi connectivity index (χ1v) is 14.0. The summed E-state index contributed by atoms with van der Waals surface area (Å²) in [5.41, 5.74) is 9.87. The molecule has 0 unspecified atom stereocenters. The number of hydrogen-bond donors (Lipinski definition) is 0. The van der Waals surface area contributed by atoms with Crippen molar-refractivity contribution >= 4 is 32.7 Å². The number of rotatable bonds is 4. The van der Waals surface area contributed by atoms with Crippen LogP contribution in [-0.2, 0) is 0 Å². The summed E-state index contributed by atoms with van der Waals surface area (Å²) in [5.74, 6) is 0.684. The molecule has 4 nitrogen and oxygen atoms in total. The van der Waals surface area contributed by atoms with Crippen LogP contribution >= 0.6 is 0 Å². The lowest BCUT2D eigenvalue weighted by molar-refractivity contribution is 1.23. The molecule has 5 aromatic carbocycles.